The third-order valence-electron chi connectivity index (χ3n) is 6.19. The van der Waals surface area contributed by atoms with E-state index in [4.69, 9.17) is 0 Å². The zero-order valence-electron chi connectivity index (χ0n) is 16.5. The van der Waals surface area contributed by atoms with Gasteiger partial charge in [0, 0.05) is 29.2 Å². The highest BCUT2D eigenvalue weighted by Crippen LogP contribution is 2.39. The molecule has 27 heavy (non-hydrogen) atoms. The summed E-state index contributed by atoms with van der Waals surface area (Å²) in [5.41, 5.74) is 5.84. The predicted octanol–water partition coefficient (Wildman–Crippen LogP) is 5.71. The lowest BCUT2D eigenvalue weighted by atomic mass is 9.76. The quantitative estimate of drug-likeness (QED) is 0.562. The molecule has 2 aromatic carbocycles. The van der Waals surface area contributed by atoms with Crippen molar-refractivity contribution in [2.45, 2.75) is 31.2 Å². The van der Waals surface area contributed by atoms with E-state index in [9.17, 15) is 0 Å². The number of likely N-dealkylation sites (N-methyl/N-ethyl adjacent to an activating group) is 1. The Bertz CT molecular complexity index is 939. The monoisotopic (exact) mass is 380 g/mol. The largest absolute Gasteiger partial charge is 0.344 e. The van der Waals surface area contributed by atoms with Gasteiger partial charge in [0.1, 0.15) is 0 Å². The third-order valence-corrected chi connectivity index (χ3v) is 6.19. The number of halogens is 1. The molecule has 1 atom stereocenters. The minimum Gasteiger partial charge on any atom is -0.344 e. The van der Waals surface area contributed by atoms with Gasteiger partial charge >= 0.3 is 0 Å². The van der Waals surface area contributed by atoms with E-state index in [0.29, 0.717) is 0 Å². The lowest BCUT2D eigenvalue weighted by Crippen LogP contribution is -2.47. The topological polar surface area (TPSA) is 8.17 Å². The standard InChI is InChI=1S/C24H28N2.ClH/c1-25(2)24(18-19-9-5-4-6-10-19)15-13-20(14-16-24)23-17-21-11-7-8-12-22(21)26(23)3;/h4-13,17H,14-16,18H2,1-3H3;1H. The van der Waals surface area contributed by atoms with Crippen LogP contribution in [0.2, 0.25) is 0 Å². The summed E-state index contributed by atoms with van der Waals surface area (Å²) in [6, 6.07) is 21.9. The Kier molecular flexibility index (Phi) is 5.78. The van der Waals surface area contributed by atoms with Gasteiger partial charge in [-0.2, -0.15) is 0 Å². The normalized spacial score (nSPS) is 19.8. The Balaban J connectivity index is 0.00000210. The number of aromatic nitrogens is 1. The summed E-state index contributed by atoms with van der Waals surface area (Å²) < 4.78 is 2.35. The van der Waals surface area contributed by atoms with Crippen LogP contribution in [0, 0.1) is 0 Å². The fraction of sp³-hybridized carbons (Fsp3) is 0.333. The van der Waals surface area contributed by atoms with E-state index in [1.165, 1.54) is 34.2 Å². The first-order valence-corrected chi connectivity index (χ1v) is 9.54. The first kappa shape index (κ1) is 19.7. The molecule has 0 fully saturated rings. The van der Waals surface area contributed by atoms with Gasteiger partial charge in [0.25, 0.3) is 0 Å². The Morgan fingerprint density at radius 1 is 1.00 bits per heavy atom. The Morgan fingerprint density at radius 3 is 2.33 bits per heavy atom. The van der Waals surface area contributed by atoms with E-state index in [1.807, 2.05) is 0 Å². The average molecular weight is 381 g/mol. The fourth-order valence-electron chi connectivity index (χ4n) is 4.41. The molecule has 0 amide bonds. The third kappa shape index (κ3) is 3.69. The van der Waals surface area contributed by atoms with Crippen molar-refractivity contribution < 1.29 is 0 Å². The van der Waals surface area contributed by atoms with Crippen LogP contribution in [0.3, 0.4) is 0 Å². The van der Waals surface area contributed by atoms with Gasteiger partial charge in [0.2, 0.25) is 0 Å². The molecule has 0 radical (unpaired) electrons. The molecular weight excluding hydrogens is 352 g/mol. The van der Waals surface area contributed by atoms with E-state index >= 15 is 0 Å². The van der Waals surface area contributed by atoms with Crippen molar-refractivity contribution in [1.82, 2.24) is 9.47 Å². The van der Waals surface area contributed by atoms with Crippen LogP contribution < -0.4 is 0 Å². The Morgan fingerprint density at radius 2 is 1.70 bits per heavy atom. The van der Waals surface area contributed by atoms with Crippen LogP contribution in [0.25, 0.3) is 16.5 Å². The van der Waals surface area contributed by atoms with Crippen LogP contribution >= 0.6 is 12.4 Å². The molecule has 4 rings (SSSR count). The first-order chi connectivity index (χ1) is 12.6. The second-order valence-electron chi connectivity index (χ2n) is 7.86. The Labute approximate surface area is 168 Å². The molecule has 0 aliphatic heterocycles. The van der Waals surface area contributed by atoms with Crippen LogP contribution in [-0.2, 0) is 13.5 Å². The van der Waals surface area contributed by atoms with E-state index in [2.05, 4.69) is 97.3 Å². The molecule has 0 saturated heterocycles. The maximum absolute atomic E-state index is 2.49. The van der Waals surface area contributed by atoms with E-state index in [1.54, 1.807) is 0 Å². The minimum absolute atomic E-state index is 0. The van der Waals surface area contributed by atoms with Gasteiger partial charge in [-0.05, 0) is 63.0 Å². The summed E-state index contributed by atoms with van der Waals surface area (Å²) in [6.07, 6.45) is 7.03. The van der Waals surface area contributed by atoms with Crippen molar-refractivity contribution in [2.24, 2.45) is 7.05 Å². The fourth-order valence-corrected chi connectivity index (χ4v) is 4.41. The number of rotatable bonds is 4. The molecule has 142 valence electrons. The van der Waals surface area contributed by atoms with Crippen molar-refractivity contribution >= 4 is 28.9 Å². The summed E-state index contributed by atoms with van der Waals surface area (Å²) >= 11 is 0. The van der Waals surface area contributed by atoms with Gasteiger partial charge in [-0.15, -0.1) is 12.4 Å². The summed E-state index contributed by atoms with van der Waals surface area (Å²) in [5, 5.41) is 1.33. The molecule has 1 aliphatic rings. The number of hydrogen-bond acceptors (Lipinski definition) is 1. The van der Waals surface area contributed by atoms with Crippen LogP contribution in [0.15, 0.2) is 66.7 Å². The zero-order chi connectivity index (χ0) is 18.1. The molecule has 0 N–H and O–H groups in total. The molecule has 1 heterocycles. The summed E-state index contributed by atoms with van der Waals surface area (Å²) in [4.78, 5) is 2.44. The van der Waals surface area contributed by atoms with Gasteiger partial charge in [-0.3, -0.25) is 0 Å². The highest BCUT2D eigenvalue weighted by atomic mass is 35.5. The zero-order valence-corrected chi connectivity index (χ0v) is 17.3. The molecular formula is C24H29ClN2. The maximum Gasteiger partial charge on any atom is 0.0482 e. The second kappa shape index (κ2) is 7.92. The van der Waals surface area contributed by atoms with Crippen molar-refractivity contribution in [3.63, 3.8) is 0 Å². The van der Waals surface area contributed by atoms with Crippen LogP contribution in [0.5, 0.6) is 0 Å². The summed E-state index contributed by atoms with van der Waals surface area (Å²) in [5.74, 6) is 0. The second-order valence-corrected chi connectivity index (χ2v) is 7.86. The number of nitrogens with zero attached hydrogens (tertiary/aromatic N) is 2. The molecule has 0 saturated carbocycles. The Hall–Kier alpha value is -2.03. The molecule has 1 aromatic heterocycles. The number of allylic oxidation sites excluding steroid dienone is 1. The average Bonchev–Trinajstić information content (AvgIpc) is 3.00. The minimum atomic E-state index is 0. The van der Waals surface area contributed by atoms with E-state index in [-0.39, 0.29) is 17.9 Å². The smallest absolute Gasteiger partial charge is 0.0482 e. The SMILES string of the molecule is CN(C)C1(Cc2ccccc2)CC=C(c2cc3ccccc3n2C)CC1.Cl. The number of aryl methyl sites for hydroxylation is 1. The molecule has 3 heteroatoms. The highest BCUT2D eigenvalue weighted by molar-refractivity contribution is 5.86. The van der Waals surface area contributed by atoms with Gasteiger partial charge in [0.05, 0.1) is 0 Å². The van der Waals surface area contributed by atoms with E-state index in [0.717, 1.165) is 19.3 Å². The predicted molar refractivity (Wildman–Crippen MR) is 119 cm³/mol. The lowest BCUT2D eigenvalue weighted by molar-refractivity contribution is 0.138. The molecule has 0 bridgehead atoms. The number of para-hydroxylation sites is 1. The molecule has 3 aromatic rings. The van der Waals surface area contributed by atoms with Crippen LogP contribution in [0.1, 0.15) is 30.5 Å². The van der Waals surface area contributed by atoms with Crippen LogP contribution in [0.4, 0.5) is 0 Å². The van der Waals surface area contributed by atoms with Crippen molar-refractivity contribution in [2.75, 3.05) is 14.1 Å². The van der Waals surface area contributed by atoms with Gasteiger partial charge in [-0.25, -0.2) is 0 Å². The summed E-state index contributed by atoms with van der Waals surface area (Å²) in [7, 11) is 6.66. The van der Waals surface area contributed by atoms with Crippen molar-refractivity contribution in [3.05, 3.63) is 78.0 Å². The molecule has 1 unspecified atom stereocenters. The van der Waals surface area contributed by atoms with Crippen LogP contribution in [-0.4, -0.2) is 29.1 Å². The molecule has 2 nitrogen and oxygen atoms in total. The molecule has 0 spiro atoms. The van der Waals surface area contributed by atoms with Gasteiger partial charge in [-0.1, -0.05) is 54.6 Å². The number of hydrogen-bond donors (Lipinski definition) is 0. The van der Waals surface area contributed by atoms with Crippen molar-refractivity contribution in [1.29, 1.82) is 0 Å². The number of fused-ring (bicyclic) bond motifs is 1. The molecule has 1 aliphatic carbocycles. The maximum atomic E-state index is 2.49. The van der Waals surface area contributed by atoms with Gasteiger partial charge < -0.3 is 9.47 Å². The number of benzene rings is 2. The van der Waals surface area contributed by atoms with Crippen molar-refractivity contribution in [3.8, 4) is 0 Å². The van der Waals surface area contributed by atoms with E-state index < -0.39 is 0 Å². The first-order valence-electron chi connectivity index (χ1n) is 9.54. The lowest BCUT2D eigenvalue weighted by Gasteiger charge is -2.42. The highest BCUT2D eigenvalue weighted by Gasteiger charge is 2.34. The summed E-state index contributed by atoms with van der Waals surface area (Å²) in [6.45, 7) is 0. The van der Waals surface area contributed by atoms with Gasteiger partial charge in [0.15, 0.2) is 0 Å².